The molecule has 0 spiro atoms. The molecule has 1 amide bonds. The number of nitrogens with zero attached hydrogens (tertiary/aromatic N) is 9. The molecule has 3 aromatic rings. The predicted molar refractivity (Wildman–Crippen MR) is 100 cm³/mol. The monoisotopic (exact) mass is 429 g/mol. The molecule has 2 N–H and O–H groups in total. The summed E-state index contributed by atoms with van der Waals surface area (Å²) in [5.41, 5.74) is -1.01. The second-order valence-electron chi connectivity index (χ2n) is 7.21. The van der Waals surface area contributed by atoms with Gasteiger partial charge in [0.05, 0.1) is 18.4 Å². The molecule has 0 radical (unpaired) electrons. The van der Waals surface area contributed by atoms with Gasteiger partial charge in [0.25, 0.3) is 0 Å². The van der Waals surface area contributed by atoms with Crippen molar-refractivity contribution in [1.29, 1.82) is 0 Å². The Labute approximate surface area is 175 Å². The van der Waals surface area contributed by atoms with E-state index in [1.54, 1.807) is 12.1 Å². The Kier molecular flexibility index (Phi) is 5.19. The molecule has 0 aliphatic carbocycles. The van der Waals surface area contributed by atoms with Crippen molar-refractivity contribution in [3.63, 3.8) is 0 Å². The number of aliphatic carboxylic acids is 1. The van der Waals surface area contributed by atoms with Gasteiger partial charge in [-0.25, -0.2) is 14.6 Å². The zero-order valence-electron chi connectivity index (χ0n) is 16.4. The van der Waals surface area contributed by atoms with Gasteiger partial charge in [-0.15, -0.1) is 5.10 Å². The Balaban J connectivity index is 1.39. The lowest BCUT2D eigenvalue weighted by atomic mass is 9.86. The van der Waals surface area contributed by atoms with Gasteiger partial charge >= 0.3 is 12.1 Å². The number of hydrogen-bond donors (Lipinski definition) is 2. The fourth-order valence-electron chi connectivity index (χ4n) is 3.47. The maximum atomic E-state index is 11.7. The maximum absolute atomic E-state index is 11.7. The van der Waals surface area contributed by atoms with Crippen LogP contribution >= 0.6 is 0 Å². The van der Waals surface area contributed by atoms with Crippen molar-refractivity contribution in [2.45, 2.75) is 38.0 Å². The molecule has 1 aliphatic rings. The van der Waals surface area contributed by atoms with Gasteiger partial charge in [-0.1, -0.05) is 0 Å². The summed E-state index contributed by atoms with van der Waals surface area (Å²) in [6.07, 6.45) is 3.70. The second-order valence-corrected chi connectivity index (χ2v) is 7.21. The number of piperidine rings is 1. The largest absolute Gasteiger partial charge is 0.486 e. The Morgan fingerprint density at radius 3 is 2.77 bits per heavy atom. The van der Waals surface area contributed by atoms with Crippen LogP contribution in [0.15, 0.2) is 30.9 Å². The molecule has 162 valence electrons. The van der Waals surface area contributed by atoms with Crippen LogP contribution in [-0.4, -0.2) is 79.4 Å². The van der Waals surface area contributed by atoms with Gasteiger partial charge in [0.15, 0.2) is 5.82 Å². The smallest absolute Gasteiger partial charge is 0.408 e. The lowest BCUT2D eigenvalue weighted by molar-refractivity contribution is -0.152. The molecule has 0 bridgehead atoms. The summed E-state index contributed by atoms with van der Waals surface area (Å²) < 4.78 is 7.09. The van der Waals surface area contributed by atoms with Crippen molar-refractivity contribution < 1.29 is 24.5 Å². The third-order valence-electron chi connectivity index (χ3n) is 5.18. The first-order valence-corrected chi connectivity index (χ1v) is 9.34. The van der Waals surface area contributed by atoms with Gasteiger partial charge in [-0.2, -0.15) is 19.7 Å². The van der Waals surface area contributed by atoms with Crippen LogP contribution in [-0.2, 0) is 11.4 Å². The number of rotatable bonds is 6. The number of tetrazole rings is 1. The predicted octanol–water partition coefficient (Wildman–Crippen LogP) is 0.386. The van der Waals surface area contributed by atoms with E-state index in [2.05, 4.69) is 30.7 Å². The molecular weight excluding hydrogens is 410 g/mol. The number of aromatic nitrogens is 8. The highest BCUT2D eigenvalue weighted by molar-refractivity contribution is 5.83. The first kappa shape index (κ1) is 20.2. The van der Waals surface area contributed by atoms with Crippen LogP contribution in [0.1, 0.15) is 31.5 Å². The summed E-state index contributed by atoms with van der Waals surface area (Å²) in [6.45, 7) is 1.61. The third kappa shape index (κ3) is 3.99. The highest BCUT2D eigenvalue weighted by Gasteiger charge is 2.48. The van der Waals surface area contributed by atoms with Crippen LogP contribution in [0.2, 0.25) is 0 Å². The van der Waals surface area contributed by atoms with E-state index in [4.69, 9.17) is 4.74 Å². The van der Waals surface area contributed by atoms with Crippen molar-refractivity contribution in [3.05, 3.63) is 36.5 Å². The van der Waals surface area contributed by atoms with Crippen LogP contribution in [0.25, 0.3) is 5.82 Å². The number of pyridine rings is 1. The molecule has 14 heteroatoms. The molecule has 0 saturated carbocycles. The minimum absolute atomic E-state index is 0.0616. The molecule has 1 fully saturated rings. The number of carbonyl (C=O) groups is 2. The summed E-state index contributed by atoms with van der Waals surface area (Å²) in [4.78, 5) is 29.7. The standard InChI is InChI=1S/C17H19N9O5/c1-17(15(27)28)6-12(4-5-24(17)16(29)30)26-20-7-11(21-26)9-31-13-2-3-14(18-8-13)25-10-19-22-23-25/h2-3,7-8,10,12H,4-6,9H2,1H3,(H,27,28)(H,29,30). The molecule has 1 saturated heterocycles. The first-order chi connectivity index (χ1) is 14.9. The fourth-order valence-corrected chi connectivity index (χ4v) is 3.47. The van der Waals surface area contributed by atoms with E-state index in [1.807, 2.05) is 0 Å². The molecule has 2 atom stereocenters. The van der Waals surface area contributed by atoms with Gasteiger partial charge < -0.3 is 14.9 Å². The lowest BCUT2D eigenvalue weighted by Crippen LogP contribution is -2.59. The fraction of sp³-hybridized carbons (Fsp3) is 0.412. The number of likely N-dealkylation sites (tertiary alicyclic amines) is 1. The summed E-state index contributed by atoms with van der Waals surface area (Å²) in [5.74, 6) is -0.148. The number of amides is 1. The van der Waals surface area contributed by atoms with Crippen LogP contribution in [0.4, 0.5) is 4.79 Å². The van der Waals surface area contributed by atoms with E-state index >= 15 is 0 Å². The van der Waals surface area contributed by atoms with Gasteiger partial charge in [-0.3, -0.25) is 4.90 Å². The van der Waals surface area contributed by atoms with E-state index in [1.165, 1.54) is 35.1 Å². The lowest BCUT2D eigenvalue weighted by Gasteiger charge is -2.42. The van der Waals surface area contributed by atoms with Gasteiger partial charge in [0.2, 0.25) is 0 Å². The van der Waals surface area contributed by atoms with E-state index in [9.17, 15) is 19.8 Å². The van der Waals surface area contributed by atoms with Crippen LogP contribution in [0.3, 0.4) is 0 Å². The topological polar surface area (TPSA) is 174 Å². The number of carboxylic acids is 1. The minimum Gasteiger partial charge on any atom is -0.486 e. The zero-order valence-corrected chi connectivity index (χ0v) is 16.4. The minimum atomic E-state index is -1.55. The highest BCUT2D eigenvalue weighted by atomic mass is 16.5. The first-order valence-electron chi connectivity index (χ1n) is 9.34. The zero-order chi connectivity index (χ0) is 22.0. The van der Waals surface area contributed by atoms with Crippen LogP contribution < -0.4 is 4.74 Å². The number of ether oxygens (including phenoxy) is 1. The molecule has 4 heterocycles. The molecule has 14 nitrogen and oxygen atoms in total. The average Bonchev–Trinajstić information content (AvgIpc) is 3.44. The molecule has 2 unspecified atom stereocenters. The number of hydrogen-bond acceptors (Lipinski definition) is 9. The van der Waals surface area contributed by atoms with Crippen molar-refractivity contribution in [2.75, 3.05) is 6.54 Å². The number of carboxylic acid groups (broad SMARTS) is 2. The van der Waals surface area contributed by atoms with Crippen molar-refractivity contribution in [1.82, 2.24) is 45.1 Å². The average molecular weight is 429 g/mol. The molecule has 1 aliphatic heterocycles. The SMILES string of the molecule is CC1(C(=O)O)CC(n2ncc(COc3ccc(-n4cnnn4)nc3)n2)CCN1C(=O)O. The molecular formula is C17H19N9O5. The third-order valence-corrected chi connectivity index (χ3v) is 5.18. The Morgan fingerprint density at radius 2 is 2.13 bits per heavy atom. The maximum Gasteiger partial charge on any atom is 0.408 e. The highest BCUT2D eigenvalue weighted by Crippen LogP contribution is 2.34. The summed E-state index contributed by atoms with van der Waals surface area (Å²) >= 11 is 0. The normalized spacial score (nSPS) is 21.1. The molecule has 31 heavy (non-hydrogen) atoms. The van der Waals surface area contributed by atoms with Gasteiger partial charge in [0, 0.05) is 13.0 Å². The quantitative estimate of drug-likeness (QED) is 0.554. The van der Waals surface area contributed by atoms with E-state index in [0.717, 1.165) is 4.90 Å². The van der Waals surface area contributed by atoms with Crippen molar-refractivity contribution in [2.24, 2.45) is 0 Å². The van der Waals surface area contributed by atoms with Gasteiger partial charge in [-0.05, 0) is 35.9 Å². The van der Waals surface area contributed by atoms with Crippen LogP contribution in [0.5, 0.6) is 5.75 Å². The Bertz CT molecular complexity index is 1070. The van der Waals surface area contributed by atoms with Crippen molar-refractivity contribution >= 4 is 12.1 Å². The Morgan fingerprint density at radius 1 is 1.29 bits per heavy atom. The molecule has 4 rings (SSSR count). The van der Waals surface area contributed by atoms with E-state index < -0.39 is 17.6 Å². The molecule has 3 aromatic heterocycles. The summed E-state index contributed by atoms with van der Waals surface area (Å²) in [5, 5.41) is 38.3. The van der Waals surface area contributed by atoms with Gasteiger partial charge in [0.1, 0.15) is 29.9 Å². The Hall–Kier alpha value is -4.10. The summed E-state index contributed by atoms with van der Waals surface area (Å²) in [7, 11) is 0. The summed E-state index contributed by atoms with van der Waals surface area (Å²) in [6, 6.07) is 3.07. The molecule has 0 aromatic carbocycles. The van der Waals surface area contributed by atoms with Crippen LogP contribution in [0, 0.1) is 0 Å². The van der Waals surface area contributed by atoms with E-state index in [-0.39, 0.29) is 25.6 Å². The van der Waals surface area contributed by atoms with E-state index in [0.29, 0.717) is 23.7 Å². The van der Waals surface area contributed by atoms with Crippen molar-refractivity contribution in [3.8, 4) is 11.6 Å². The second kappa shape index (κ2) is 7.97.